The van der Waals surface area contributed by atoms with E-state index in [-0.39, 0.29) is 17.9 Å². The van der Waals surface area contributed by atoms with Crippen molar-refractivity contribution in [3.63, 3.8) is 0 Å². The van der Waals surface area contributed by atoms with E-state index in [2.05, 4.69) is 10.3 Å². The van der Waals surface area contributed by atoms with Crippen molar-refractivity contribution < 1.29 is 14.0 Å². The molecule has 29 heavy (non-hydrogen) atoms. The highest BCUT2D eigenvalue weighted by Crippen LogP contribution is 2.18. The number of nitrogens with one attached hydrogen (secondary N) is 1. The summed E-state index contributed by atoms with van der Waals surface area (Å²) in [4.78, 5) is 30.9. The lowest BCUT2D eigenvalue weighted by Gasteiger charge is -2.32. The van der Waals surface area contributed by atoms with Gasteiger partial charge in [-0.3, -0.25) is 9.59 Å². The highest BCUT2D eigenvalue weighted by molar-refractivity contribution is 6.31. The van der Waals surface area contributed by atoms with Crippen molar-refractivity contribution in [1.29, 1.82) is 0 Å². The molecule has 0 bridgehead atoms. The standard InChI is InChI=1S/C22H20ClN3O3/c23-17-3-1-15-2-4-18(24-20(15)13-17)5-6-21(27)25-19-7-10-26(11-8-19)22(28)16-9-12-29-14-16/h1-6,9,12-14,19H,7-8,10-11H2,(H,25,27). The molecule has 1 fully saturated rings. The lowest BCUT2D eigenvalue weighted by Crippen LogP contribution is -2.46. The van der Waals surface area contributed by atoms with E-state index in [1.165, 1.54) is 18.6 Å². The second kappa shape index (κ2) is 8.49. The minimum atomic E-state index is -0.169. The van der Waals surface area contributed by atoms with Crippen molar-refractivity contribution in [3.8, 4) is 0 Å². The van der Waals surface area contributed by atoms with Crippen LogP contribution in [0, 0.1) is 0 Å². The molecule has 2 aromatic heterocycles. The summed E-state index contributed by atoms with van der Waals surface area (Å²) in [6, 6.07) is 11.0. The number of hydrogen-bond acceptors (Lipinski definition) is 4. The Hall–Kier alpha value is -3.12. The second-order valence-electron chi connectivity index (χ2n) is 6.99. The molecule has 0 unspecified atom stereocenters. The van der Waals surface area contributed by atoms with Crippen LogP contribution in [-0.4, -0.2) is 40.8 Å². The monoisotopic (exact) mass is 409 g/mol. The molecule has 3 heterocycles. The first kappa shape index (κ1) is 19.2. The van der Waals surface area contributed by atoms with Gasteiger partial charge in [-0.25, -0.2) is 4.98 Å². The Morgan fingerprint density at radius 2 is 1.97 bits per heavy atom. The highest BCUT2D eigenvalue weighted by Gasteiger charge is 2.24. The van der Waals surface area contributed by atoms with Crippen molar-refractivity contribution in [2.24, 2.45) is 0 Å². The summed E-state index contributed by atoms with van der Waals surface area (Å²) in [5.41, 5.74) is 2.03. The predicted molar refractivity (Wildman–Crippen MR) is 112 cm³/mol. The summed E-state index contributed by atoms with van der Waals surface area (Å²) in [6.07, 6.45) is 7.56. The molecule has 4 rings (SSSR count). The first-order valence-corrected chi connectivity index (χ1v) is 9.83. The van der Waals surface area contributed by atoms with E-state index in [9.17, 15) is 9.59 Å². The summed E-state index contributed by atoms with van der Waals surface area (Å²) in [7, 11) is 0. The molecule has 1 N–H and O–H groups in total. The van der Waals surface area contributed by atoms with Crippen molar-refractivity contribution in [2.75, 3.05) is 13.1 Å². The largest absolute Gasteiger partial charge is 0.472 e. The van der Waals surface area contributed by atoms with Crippen LogP contribution < -0.4 is 5.32 Å². The molecule has 1 aliphatic rings. The lowest BCUT2D eigenvalue weighted by molar-refractivity contribution is -0.117. The van der Waals surface area contributed by atoms with Crippen LogP contribution in [-0.2, 0) is 4.79 Å². The number of aromatic nitrogens is 1. The number of piperidine rings is 1. The summed E-state index contributed by atoms with van der Waals surface area (Å²) in [6.45, 7) is 1.21. The van der Waals surface area contributed by atoms with Crippen LogP contribution in [0.3, 0.4) is 0 Å². The minimum Gasteiger partial charge on any atom is -0.472 e. The van der Waals surface area contributed by atoms with Crippen molar-refractivity contribution >= 4 is 40.4 Å². The fraction of sp³-hybridized carbons (Fsp3) is 0.227. The average molecular weight is 410 g/mol. The zero-order valence-electron chi connectivity index (χ0n) is 15.7. The highest BCUT2D eigenvalue weighted by atomic mass is 35.5. The number of carbonyl (C=O) groups excluding carboxylic acids is 2. The van der Waals surface area contributed by atoms with E-state index < -0.39 is 0 Å². The maximum Gasteiger partial charge on any atom is 0.257 e. The van der Waals surface area contributed by atoms with Crippen molar-refractivity contribution in [3.05, 3.63) is 71.3 Å². The van der Waals surface area contributed by atoms with Gasteiger partial charge in [-0.05, 0) is 43.2 Å². The number of rotatable bonds is 4. The number of amides is 2. The fourth-order valence-electron chi connectivity index (χ4n) is 3.40. The molecule has 1 aromatic carbocycles. The van der Waals surface area contributed by atoms with E-state index in [1.54, 1.807) is 23.1 Å². The molecular formula is C22H20ClN3O3. The number of pyridine rings is 1. The average Bonchev–Trinajstić information content (AvgIpc) is 3.27. The zero-order valence-corrected chi connectivity index (χ0v) is 16.4. The van der Waals surface area contributed by atoms with E-state index in [1.807, 2.05) is 24.3 Å². The van der Waals surface area contributed by atoms with Gasteiger partial charge in [0.05, 0.1) is 23.0 Å². The van der Waals surface area contributed by atoms with Gasteiger partial charge in [0.15, 0.2) is 0 Å². The third-order valence-electron chi connectivity index (χ3n) is 4.98. The van der Waals surface area contributed by atoms with Crippen LogP contribution in [0.25, 0.3) is 17.0 Å². The summed E-state index contributed by atoms with van der Waals surface area (Å²) in [5.74, 6) is -0.205. The Morgan fingerprint density at radius 3 is 2.72 bits per heavy atom. The molecule has 3 aromatic rings. The van der Waals surface area contributed by atoms with Gasteiger partial charge < -0.3 is 14.6 Å². The Kier molecular flexibility index (Phi) is 5.62. The molecule has 7 heteroatoms. The molecule has 6 nitrogen and oxygen atoms in total. The molecule has 0 aliphatic carbocycles. The SMILES string of the molecule is O=C(C=Cc1ccc2ccc(Cl)cc2n1)NC1CCN(C(=O)c2ccoc2)CC1. The minimum absolute atomic E-state index is 0.0362. The van der Waals surface area contributed by atoms with Crippen LogP contribution >= 0.6 is 11.6 Å². The maximum absolute atomic E-state index is 12.3. The Morgan fingerprint density at radius 1 is 1.17 bits per heavy atom. The fourth-order valence-corrected chi connectivity index (χ4v) is 3.57. The number of fused-ring (bicyclic) bond motifs is 1. The Bertz CT molecular complexity index is 1050. The molecule has 0 spiro atoms. The van der Waals surface area contributed by atoms with Gasteiger partial charge >= 0.3 is 0 Å². The second-order valence-corrected chi connectivity index (χ2v) is 7.43. The van der Waals surface area contributed by atoms with Gasteiger partial charge in [0.1, 0.15) is 6.26 Å². The molecule has 2 amide bonds. The summed E-state index contributed by atoms with van der Waals surface area (Å²) >= 11 is 6.01. The maximum atomic E-state index is 12.3. The van der Waals surface area contributed by atoms with E-state index in [0.29, 0.717) is 29.4 Å². The third kappa shape index (κ3) is 4.66. The topological polar surface area (TPSA) is 75.4 Å². The van der Waals surface area contributed by atoms with Crippen LogP contribution in [0.15, 0.2) is 59.4 Å². The van der Waals surface area contributed by atoms with Gasteiger partial charge in [0.2, 0.25) is 5.91 Å². The molecule has 1 saturated heterocycles. The number of hydrogen-bond donors (Lipinski definition) is 1. The quantitative estimate of drug-likeness (QED) is 0.663. The normalized spacial score (nSPS) is 15.1. The van der Waals surface area contributed by atoms with E-state index >= 15 is 0 Å². The first-order valence-electron chi connectivity index (χ1n) is 9.45. The lowest BCUT2D eigenvalue weighted by atomic mass is 10.0. The van der Waals surface area contributed by atoms with Gasteiger partial charge in [-0.2, -0.15) is 0 Å². The zero-order chi connectivity index (χ0) is 20.2. The van der Waals surface area contributed by atoms with Gasteiger partial charge in [-0.15, -0.1) is 0 Å². The molecule has 1 aliphatic heterocycles. The molecule has 148 valence electrons. The summed E-state index contributed by atoms with van der Waals surface area (Å²) < 4.78 is 4.97. The Labute approximate surface area is 173 Å². The molecule has 0 saturated carbocycles. The van der Waals surface area contributed by atoms with Gasteiger partial charge in [0, 0.05) is 35.6 Å². The number of nitrogens with zero attached hydrogens (tertiary/aromatic N) is 2. The van der Waals surface area contributed by atoms with Crippen LogP contribution in [0.2, 0.25) is 5.02 Å². The van der Waals surface area contributed by atoms with E-state index in [0.717, 1.165) is 23.7 Å². The number of carbonyl (C=O) groups is 2. The Balaban J connectivity index is 1.30. The van der Waals surface area contributed by atoms with Crippen molar-refractivity contribution in [1.82, 2.24) is 15.2 Å². The number of likely N-dealkylation sites (tertiary alicyclic amines) is 1. The van der Waals surface area contributed by atoms with Crippen LogP contribution in [0.4, 0.5) is 0 Å². The number of furan rings is 1. The van der Waals surface area contributed by atoms with E-state index in [4.69, 9.17) is 16.0 Å². The van der Waals surface area contributed by atoms with Gasteiger partial charge in [-0.1, -0.05) is 23.7 Å². The third-order valence-corrected chi connectivity index (χ3v) is 5.21. The van der Waals surface area contributed by atoms with Crippen LogP contribution in [0.1, 0.15) is 28.9 Å². The van der Waals surface area contributed by atoms with Crippen molar-refractivity contribution in [2.45, 2.75) is 18.9 Å². The molecule has 0 radical (unpaired) electrons. The molecule has 0 atom stereocenters. The predicted octanol–water partition coefficient (Wildman–Crippen LogP) is 3.92. The number of halogens is 1. The van der Waals surface area contributed by atoms with Crippen LogP contribution in [0.5, 0.6) is 0 Å². The van der Waals surface area contributed by atoms with Gasteiger partial charge in [0.25, 0.3) is 5.91 Å². The molecular weight excluding hydrogens is 390 g/mol. The first-order chi connectivity index (χ1) is 14.1. The summed E-state index contributed by atoms with van der Waals surface area (Å²) in [5, 5.41) is 4.62. The smallest absolute Gasteiger partial charge is 0.257 e. The number of benzene rings is 1.